The largest absolute Gasteiger partial charge is 0.384 e. The van der Waals surface area contributed by atoms with Gasteiger partial charge in [-0.2, -0.15) is 0 Å². The minimum Gasteiger partial charge on any atom is -0.384 e. The molecule has 0 bridgehead atoms. The fourth-order valence-corrected chi connectivity index (χ4v) is 4.31. The summed E-state index contributed by atoms with van der Waals surface area (Å²) in [5.74, 6) is -0.499. The van der Waals surface area contributed by atoms with E-state index in [1.807, 2.05) is 46.8 Å². The molecule has 6 nitrogen and oxygen atoms in total. The van der Waals surface area contributed by atoms with Gasteiger partial charge in [0.2, 0.25) is 11.8 Å². The highest BCUT2D eigenvalue weighted by molar-refractivity contribution is 6.30. The first-order chi connectivity index (χ1) is 13.9. The molecule has 0 radical (unpaired) electrons. The molecule has 30 heavy (non-hydrogen) atoms. The van der Waals surface area contributed by atoms with Gasteiger partial charge in [-0.05, 0) is 36.5 Å². The fraction of sp³-hybridized carbons (Fsp3) is 0.652. The van der Waals surface area contributed by atoms with Gasteiger partial charge in [-0.3, -0.25) is 9.59 Å². The van der Waals surface area contributed by atoms with Crippen molar-refractivity contribution in [3.8, 4) is 0 Å². The molecule has 0 saturated carbocycles. The van der Waals surface area contributed by atoms with Crippen LogP contribution in [-0.4, -0.2) is 47.0 Å². The minimum absolute atomic E-state index is 0.0736. The molecule has 168 valence electrons. The maximum Gasteiger partial charge on any atom is 0.245 e. The van der Waals surface area contributed by atoms with Gasteiger partial charge in [0.1, 0.15) is 6.04 Å². The van der Waals surface area contributed by atoms with E-state index in [2.05, 4.69) is 5.32 Å². The third-order valence-electron chi connectivity index (χ3n) is 6.25. The van der Waals surface area contributed by atoms with E-state index >= 15 is 0 Å². The third-order valence-corrected chi connectivity index (χ3v) is 6.50. The van der Waals surface area contributed by atoms with Gasteiger partial charge >= 0.3 is 0 Å². The Morgan fingerprint density at radius 2 is 1.87 bits per heavy atom. The molecule has 3 atom stereocenters. The summed E-state index contributed by atoms with van der Waals surface area (Å²) in [5, 5.41) is 15.0. The SMILES string of the molecule is CCC[C@H](N)C(=O)N[C@@H](C(=O)N1CC[C@](O)(c2ccc(Cl)cc2)C(C)(C)C1)C(C)C. The number of hydrogen-bond acceptors (Lipinski definition) is 4. The van der Waals surface area contributed by atoms with E-state index in [1.165, 1.54) is 0 Å². The van der Waals surface area contributed by atoms with Crippen LogP contribution in [0.4, 0.5) is 0 Å². The van der Waals surface area contributed by atoms with Crippen molar-refractivity contribution in [2.75, 3.05) is 13.1 Å². The predicted molar refractivity (Wildman–Crippen MR) is 120 cm³/mol. The van der Waals surface area contributed by atoms with Gasteiger partial charge in [-0.15, -0.1) is 0 Å². The summed E-state index contributed by atoms with van der Waals surface area (Å²) in [6, 6.07) is 5.97. The van der Waals surface area contributed by atoms with Gasteiger partial charge in [-0.25, -0.2) is 0 Å². The number of halogens is 1. The van der Waals surface area contributed by atoms with Crippen LogP contribution < -0.4 is 11.1 Å². The lowest BCUT2D eigenvalue weighted by Crippen LogP contribution is -2.61. The number of likely N-dealkylation sites (tertiary alicyclic amines) is 1. The maximum absolute atomic E-state index is 13.3. The molecule has 0 spiro atoms. The second-order valence-corrected chi connectivity index (χ2v) is 9.82. The number of nitrogens with one attached hydrogen (secondary N) is 1. The number of nitrogens with two attached hydrogens (primary N) is 1. The van der Waals surface area contributed by atoms with E-state index < -0.39 is 23.1 Å². The zero-order valence-electron chi connectivity index (χ0n) is 18.7. The summed E-state index contributed by atoms with van der Waals surface area (Å²) < 4.78 is 0. The van der Waals surface area contributed by atoms with Crippen LogP contribution in [-0.2, 0) is 15.2 Å². The first-order valence-corrected chi connectivity index (χ1v) is 11.1. The smallest absolute Gasteiger partial charge is 0.245 e. The van der Waals surface area contributed by atoms with Crippen molar-refractivity contribution in [1.82, 2.24) is 10.2 Å². The van der Waals surface area contributed by atoms with Crippen LogP contribution in [0.3, 0.4) is 0 Å². The second kappa shape index (κ2) is 9.67. The lowest BCUT2D eigenvalue weighted by Gasteiger charge is -2.51. The van der Waals surface area contributed by atoms with Crippen LogP contribution in [0, 0.1) is 11.3 Å². The lowest BCUT2D eigenvalue weighted by molar-refractivity contribution is -0.156. The average molecular weight is 438 g/mol. The van der Waals surface area contributed by atoms with E-state index in [-0.39, 0.29) is 17.7 Å². The fourth-order valence-electron chi connectivity index (χ4n) is 4.18. The molecule has 7 heteroatoms. The molecule has 0 aliphatic carbocycles. The van der Waals surface area contributed by atoms with Gasteiger partial charge in [-0.1, -0.05) is 64.8 Å². The lowest BCUT2D eigenvalue weighted by atomic mass is 9.66. The topological polar surface area (TPSA) is 95.7 Å². The summed E-state index contributed by atoms with van der Waals surface area (Å²) in [5.41, 5.74) is 5.06. The average Bonchev–Trinajstić information content (AvgIpc) is 2.67. The number of hydrogen-bond donors (Lipinski definition) is 3. The number of carbonyl (C=O) groups excluding carboxylic acids is 2. The van der Waals surface area contributed by atoms with Gasteiger partial charge in [0.25, 0.3) is 0 Å². The van der Waals surface area contributed by atoms with Crippen molar-refractivity contribution in [2.45, 2.75) is 71.6 Å². The van der Waals surface area contributed by atoms with Crippen LogP contribution in [0.25, 0.3) is 0 Å². The molecule has 1 saturated heterocycles. The van der Waals surface area contributed by atoms with Crippen LogP contribution in [0.5, 0.6) is 0 Å². The molecule has 1 heterocycles. The molecule has 0 unspecified atom stereocenters. The Morgan fingerprint density at radius 3 is 2.37 bits per heavy atom. The molecular weight excluding hydrogens is 402 g/mol. The molecule has 1 aromatic rings. The summed E-state index contributed by atoms with van der Waals surface area (Å²) in [7, 11) is 0. The maximum atomic E-state index is 13.3. The van der Waals surface area contributed by atoms with Gasteiger partial charge in [0.15, 0.2) is 0 Å². The zero-order valence-corrected chi connectivity index (χ0v) is 19.5. The Hall–Kier alpha value is -1.63. The highest BCUT2D eigenvalue weighted by atomic mass is 35.5. The molecular formula is C23H36ClN3O3. The van der Waals surface area contributed by atoms with E-state index in [0.717, 1.165) is 12.0 Å². The van der Waals surface area contributed by atoms with Crippen molar-refractivity contribution < 1.29 is 14.7 Å². The Labute approximate surface area is 185 Å². The number of carbonyl (C=O) groups is 2. The Bertz CT molecular complexity index is 751. The Kier molecular flexibility index (Phi) is 7.94. The highest BCUT2D eigenvalue weighted by Crippen LogP contribution is 2.46. The molecule has 1 fully saturated rings. The molecule has 1 aliphatic rings. The van der Waals surface area contributed by atoms with E-state index in [9.17, 15) is 14.7 Å². The Balaban J connectivity index is 2.17. The van der Waals surface area contributed by atoms with Crippen LogP contribution >= 0.6 is 11.6 Å². The molecule has 2 rings (SSSR count). The first kappa shape index (κ1) is 24.6. The number of amides is 2. The molecule has 2 amide bonds. The molecule has 4 N–H and O–H groups in total. The number of rotatable bonds is 7. The Morgan fingerprint density at radius 1 is 1.27 bits per heavy atom. The highest BCUT2D eigenvalue weighted by Gasteiger charge is 2.50. The molecule has 1 aliphatic heterocycles. The number of benzene rings is 1. The van der Waals surface area contributed by atoms with Crippen LogP contribution in [0.2, 0.25) is 5.02 Å². The number of piperidine rings is 1. The molecule has 1 aromatic carbocycles. The van der Waals surface area contributed by atoms with Crippen molar-refractivity contribution in [3.63, 3.8) is 0 Å². The van der Waals surface area contributed by atoms with E-state index in [0.29, 0.717) is 31.0 Å². The van der Waals surface area contributed by atoms with Crippen LogP contribution in [0.1, 0.15) is 59.4 Å². The summed E-state index contributed by atoms with van der Waals surface area (Å²) >= 11 is 6.00. The summed E-state index contributed by atoms with van der Waals surface area (Å²) in [4.78, 5) is 27.5. The van der Waals surface area contributed by atoms with Gasteiger partial charge < -0.3 is 21.1 Å². The predicted octanol–water partition coefficient (Wildman–Crippen LogP) is 3.05. The second-order valence-electron chi connectivity index (χ2n) is 9.39. The van der Waals surface area contributed by atoms with Crippen molar-refractivity contribution in [2.24, 2.45) is 17.1 Å². The summed E-state index contributed by atoms with van der Waals surface area (Å²) in [6.45, 7) is 10.5. The quantitative estimate of drug-likeness (QED) is 0.610. The number of aliphatic hydroxyl groups is 1. The minimum atomic E-state index is -1.07. The monoisotopic (exact) mass is 437 g/mol. The molecule has 0 aromatic heterocycles. The normalized spacial score (nSPS) is 23.2. The van der Waals surface area contributed by atoms with Crippen LogP contribution in [0.15, 0.2) is 24.3 Å². The first-order valence-electron chi connectivity index (χ1n) is 10.8. The standard InChI is InChI=1S/C23H36ClN3O3/c1-6-7-18(25)20(28)26-19(15(2)3)21(29)27-13-12-23(30,22(4,5)14-27)16-8-10-17(24)11-9-16/h8-11,15,18-19,30H,6-7,12-14,25H2,1-5H3,(H,26,28)/t18-,19+,23-/m0/s1. The van der Waals surface area contributed by atoms with Crippen molar-refractivity contribution in [1.29, 1.82) is 0 Å². The third kappa shape index (κ3) is 5.16. The van der Waals surface area contributed by atoms with Gasteiger partial charge in [0.05, 0.1) is 11.6 Å². The van der Waals surface area contributed by atoms with Gasteiger partial charge in [0, 0.05) is 23.5 Å². The van der Waals surface area contributed by atoms with Crippen molar-refractivity contribution >= 4 is 23.4 Å². The van der Waals surface area contributed by atoms with E-state index in [1.54, 1.807) is 17.0 Å². The van der Waals surface area contributed by atoms with Crippen molar-refractivity contribution in [3.05, 3.63) is 34.9 Å². The van der Waals surface area contributed by atoms with E-state index in [4.69, 9.17) is 17.3 Å². The number of nitrogens with zero attached hydrogens (tertiary/aromatic N) is 1. The zero-order chi connectivity index (χ0) is 22.7. The summed E-state index contributed by atoms with van der Waals surface area (Å²) in [6.07, 6.45) is 1.79.